The number of aryl methyl sites for hydroxylation is 1. The van der Waals surface area contributed by atoms with Crippen molar-refractivity contribution in [1.82, 2.24) is 0 Å². The zero-order chi connectivity index (χ0) is 17.1. The molecule has 0 saturated carbocycles. The van der Waals surface area contributed by atoms with Crippen LogP contribution in [0.3, 0.4) is 0 Å². The molecule has 0 heterocycles. The summed E-state index contributed by atoms with van der Waals surface area (Å²) in [6, 6.07) is 5.39. The Morgan fingerprint density at radius 3 is 2.23 bits per heavy atom. The van der Waals surface area contributed by atoms with Gasteiger partial charge in [0.2, 0.25) is 0 Å². The summed E-state index contributed by atoms with van der Waals surface area (Å²) in [5, 5.41) is 0. The van der Waals surface area contributed by atoms with E-state index in [1.807, 2.05) is 13.0 Å². The van der Waals surface area contributed by atoms with Crippen LogP contribution in [0.4, 0.5) is 8.78 Å². The Morgan fingerprint density at radius 1 is 1.18 bits per heavy atom. The Hall–Kier alpha value is -1.77. The average molecular weight is 305 g/mol. The number of alkyl halides is 2. The highest BCUT2D eigenvalue weighted by atomic mass is 19.1. The number of allylic oxidation sites excluding steroid dienone is 2. The molecular formula is C19H25F2N. The third-order valence-electron chi connectivity index (χ3n) is 3.72. The number of aliphatic imine (C=N–C) groups is 1. The van der Waals surface area contributed by atoms with Crippen molar-refractivity contribution in [1.29, 1.82) is 0 Å². The van der Waals surface area contributed by atoms with Crippen molar-refractivity contribution in [3.8, 4) is 0 Å². The lowest BCUT2D eigenvalue weighted by Crippen LogP contribution is -2.16. The third kappa shape index (κ3) is 4.62. The van der Waals surface area contributed by atoms with Gasteiger partial charge in [-0.15, -0.1) is 0 Å². The summed E-state index contributed by atoms with van der Waals surface area (Å²) < 4.78 is 28.3. The summed E-state index contributed by atoms with van der Waals surface area (Å²) >= 11 is 0. The van der Waals surface area contributed by atoms with Gasteiger partial charge in [-0.3, -0.25) is 4.99 Å². The van der Waals surface area contributed by atoms with Gasteiger partial charge in [0, 0.05) is 11.8 Å². The molecule has 22 heavy (non-hydrogen) atoms. The fourth-order valence-electron chi connectivity index (χ4n) is 1.93. The first-order chi connectivity index (χ1) is 9.96. The van der Waals surface area contributed by atoms with E-state index < -0.39 is 11.3 Å². The van der Waals surface area contributed by atoms with Crippen molar-refractivity contribution in [2.75, 3.05) is 0 Å². The predicted octanol–water partition coefficient (Wildman–Crippen LogP) is 5.83. The van der Waals surface area contributed by atoms with Gasteiger partial charge in [-0.1, -0.05) is 18.7 Å². The molecule has 3 heteroatoms. The minimum atomic E-state index is -1.44. The molecule has 0 aliphatic heterocycles. The molecule has 1 aromatic carbocycles. The summed E-state index contributed by atoms with van der Waals surface area (Å²) in [6.45, 7) is 13.3. The maximum absolute atomic E-state index is 14.2. The molecule has 0 bridgehead atoms. The smallest absolute Gasteiger partial charge is 0.130 e. The van der Waals surface area contributed by atoms with Crippen molar-refractivity contribution >= 4 is 5.71 Å². The maximum atomic E-state index is 14.2. The van der Waals surface area contributed by atoms with E-state index in [4.69, 9.17) is 0 Å². The largest absolute Gasteiger partial charge is 0.257 e. The SMILES string of the molecule is C=C/N=C(\C=C(/C)C(C)(C)F)c1cc(C(C)(C)F)ccc1C. The van der Waals surface area contributed by atoms with E-state index in [1.165, 1.54) is 33.9 Å². The topological polar surface area (TPSA) is 12.4 Å². The number of hydrogen-bond donors (Lipinski definition) is 0. The van der Waals surface area contributed by atoms with Gasteiger partial charge >= 0.3 is 0 Å². The summed E-state index contributed by atoms with van der Waals surface area (Å²) in [7, 11) is 0. The molecule has 1 aromatic rings. The Balaban J connectivity index is 3.47. The standard InChI is InChI=1S/C19H25F2N/c1-8-22-17(11-14(3)18(4,5)20)16-12-15(19(6,7)21)10-9-13(16)2/h8-12H,1H2,2-7H3/b14-11+,22-17+. The lowest BCUT2D eigenvalue weighted by molar-refractivity contribution is 0.221. The first kappa shape index (κ1) is 18.3. The molecule has 120 valence electrons. The number of hydrogen-bond acceptors (Lipinski definition) is 1. The molecule has 0 unspecified atom stereocenters. The van der Waals surface area contributed by atoms with Crippen LogP contribution >= 0.6 is 0 Å². The maximum Gasteiger partial charge on any atom is 0.130 e. The molecule has 0 spiro atoms. The van der Waals surface area contributed by atoms with E-state index in [-0.39, 0.29) is 0 Å². The molecule has 0 aliphatic carbocycles. The molecular weight excluding hydrogens is 280 g/mol. The van der Waals surface area contributed by atoms with Crippen LogP contribution in [0, 0.1) is 6.92 Å². The quantitative estimate of drug-likeness (QED) is 0.607. The van der Waals surface area contributed by atoms with Crippen LogP contribution in [-0.2, 0) is 5.67 Å². The number of nitrogens with zero attached hydrogens (tertiary/aromatic N) is 1. The second-order valence-corrected chi connectivity index (χ2v) is 6.50. The van der Waals surface area contributed by atoms with Gasteiger partial charge in [-0.2, -0.15) is 0 Å². The highest BCUT2D eigenvalue weighted by Gasteiger charge is 2.22. The Morgan fingerprint density at radius 2 is 1.77 bits per heavy atom. The Labute approximate surface area is 132 Å². The van der Waals surface area contributed by atoms with Gasteiger partial charge in [0.05, 0.1) is 5.71 Å². The van der Waals surface area contributed by atoms with Gasteiger partial charge in [-0.25, -0.2) is 8.78 Å². The molecule has 0 atom stereocenters. The molecule has 0 radical (unpaired) electrons. The van der Waals surface area contributed by atoms with E-state index in [0.29, 0.717) is 16.8 Å². The lowest BCUT2D eigenvalue weighted by Gasteiger charge is -2.19. The summed E-state index contributed by atoms with van der Waals surface area (Å²) in [5.41, 5.74) is 0.558. The van der Waals surface area contributed by atoms with E-state index in [2.05, 4.69) is 11.6 Å². The number of benzene rings is 1. The number of halogens is 2. The first-order valence-corrected chi connectivity index (χ1v) is 7.33. The zero-order valence-electron chi connectivity index (χ0n) is 14.3. The molecule has 1 nitrogen and oxygen atoms in total. The normalized spacial score (nSPS) is 14.2. The van der Waals surface area contributed by atoms with Crippen LogP contribution in [0.2, 0.25) is 0 Å². The fraction of sp³-hybridized carbons (Fsp3) is 0.421. The van der Waals surface area contributed by atoms with Crippen LogP contribution in [0.5, 0.6) is 0 Å². The van der Waals surface area contributed by atoms with Crippen LogP contribution in [0.15, 0.2) is 47.6 Å². The van der Waals surface area contributed by atoms with Crippen molar-refractivity contribution in [2.24, 2.45) is 4.99 Å². The van der Waals surface area contributed by atoms with Gasteiger partial charge in [-0.05, 0) is 70.4 Å². The molecule has 0 amide bonds. The Kier molecular flexibility index (Phi) is 5.44. The molecule has 0 aromatic heterocycles. The monoisotopic (exact) mass is 305 g/mol. The van der Waals surface area contributed by atoms with Gasteiger partial charge in [0.15, 0.2) is 0 Å². The second kappa shape index (κ2) is 6.55. The van der Waals surface area contributed by atoms with E-state index >= 15 is 0 Å². The minimum Gasteiger partial charge on any atom is -0.257 e. The number of rotatable bonds is 5. The van der Waals surface area contributed by atoms with Crippen molar-refractivity contribution in [3.05, 3.63) is 59.3 Å². The van der Waals surface area contributed by atoms with Crippen molar-refractivity contribution in [3.63, 3.8) is 0 Å². The lowest BCUT2D eigenvalue weighted by atomic mass is 9.92. The molecule has 0 saturated heterocycles. The fourth-order valence-corrected chi connectivity index (χ4v) is 1.93. The minimum absolute atomic E-state index is 0.553. The summed E-state index contributed by atoms with van der Waals surface area (Å²) in [5.74, 6) is 0. The van der Waals surface area contributed by atoms with E-state index in [1.54, 1.807) is 25.1 Å². The summed E-state index contributed by atoms with van der Waals surface area (Å²) in [6.07, 6.45) is 3.11. The van der Waals surface area contributed by atoms with Crippen molar-refractivity contribution in [2.45, 2.75) is 52.9 Å². The molecule has 0 fully saturated rings. The van der Waals surface area contributed by atoms with Crippen LogP contribution in [0.25, 0.3) is 0 Å². The summed E-state index contributed by atoms with van der Waals surface area (Å²) in [4.78, 5) is 4.25. The van der Waals surface area contributed by atoms with Gasteiger partial charge in [0.1, 0.15) is 11.3 Å². The van der Waals surface area contributed by atoms with E-state index in [0.717, 1.165) is 11.1 Å². The molecule has 1 rings (SSSR count). The van der Waals surface area contributed by atoms with Crippen LogP contribution < -0.4 is 0 Å². The third-order valence-corrected chi connectivity index (χ3v) is 3.72. The van der Waals surface area contributed by atoms with Crippen molar-refractivity contribution < 1.29 is 8.78 Å². The first-order valence-electron chi connectivity index (χ1n) is 7.33. The van der Waals surface area contributed by atoms with Crippen LogP contribution in [-0.4, -0.2) is 11.4 Å². The highest BCUT2D eigenvalue weighted by Crippen LogP contribution is 2.28. The zero-order valence-corrected chi connectivity index (χ0v) is 14.3. The second-order valence-electron chi connectivity index (χ2n) is 6.50. The van der Waals surface area contributed by atoms with Gasteiger partial charge in [0.25, 0.3) is 0 Å². The predicted molar refractivity (Wildman–Crippen MR) is 91.0 cm³/mol. The average Bonchev–Trinajstić information content (AvgIpc) is 2.36. The Bertz CT molecular complexity index is 611. The van der Waals surface area contributed by atoms with Gasteiger partial charge < -0.3 is 0 Å². The highest BCUT2D eigenvalue weighted by molar-refractivity contribution is 6.10. The van der Waals surface area contributed by atoms with E-state index in [9.17, 15) is 8.78 Å². The van der Waals surface area contributed by atoms with Crippen LogP contribution in [0.1, 0.15) is 51.3 Å². The molecule has 0 aliphatic rings. The molecule has 0 N–H and O–H groups in total.